The van der Waals surface area contributed by atoms with Gasteiger partial charge in [-0.25, -0.2) is 0 Å². The molecule has 2 nitrogen and oxygen atoms in total. The first-order valence-electron chi connectivity index (χ1n) is 5.49. The lowest BCUT2D eigenvalue weighted by atomic mass is 10.2. The molecule has 0 bridgehead atoms. The van der Waals surface area contributed by atoms with Gasteiger partial charge in [-0.1, -0.05) is 0 Å². The second-order valence-corrected chi connectivity index (χ2v) is 6.23. The molecule has 1 aromatic rings. The highest BCUT2D eigenvalue weighted by Gasteiger charge is 2.32. The van der Waals surface area contributed by atoms with Crippen LogP contribution >= 0.6 is 0 Å². The van der Waals surface area contributed by atoms with Crippen molar-refractivity contribution in [2.45, 2.75) is 24.1 Å². The Morgan fingerprint density at radius 2 is 1.61 bits per heavy atom. The summed E-state index contributed by atoms with van der Waals surface area (Å²) in [6, 6.07) is 5.96. The fourth-order valence-electron chi connectivity index (χ4n) is 1.77. The predicted molar refractivity (Wildman–Crippen MR) is 62.7 cm³/mol. The van der Waals surface area contributed by atoms with Crippen LogP contribution in [0.15, 0.2) is 29.2 Å². The van der Waals surface area contributed by atoms with Gasteiger partial charge < -0.3 is 4.74 Å². The van der Waals surface area contributed by atoms with E-state index in [0.717, 1.165) is 16.4 Å². The number of alkyl halides is 3. The van der Waals surface area contributed by atoms with E-state index in [1.54, 1.807) is 12.1 Å². The van der Waals surface area contributed by atoms with Gasteiger partial charge in [0.1, 0.15) is 23.0 Å². The van der Waals surface area contributed by atoms with Crippen molar-refractivity contribution in [3.05, 3.63) is 24.3 Å². The van der Waals surface area contributed by atoms with Crippen molar-refractivity contribution in [3.8, 4) is 5.75 Å². The Labute approximate surface area is 105 Å². The second-order valence-electron chi connectivity index (χ2n) is 3.96. The lowest BCUT2D eigenvalue weighted by molar-refractivity contribution is -0.274. The van der Waals surface area contributed by atoms with Gasteiger partial charge in [0.2, 0.25) is 0 Å². The summed E-state index contributed by atoms with van der Waals surface area (Å²) in [5, 5.41) is 0. The van der Waals surface area contributed by atoms with Gasteiger partial charge in [-0.3, -0.25) is 4.79 Å². The van der Waals surface area contributed by atoms with Crippen LogP contribution in [0.1, 0.15) is 12.8 Å². The molecule has 0 radical (unpaired) electrons. The summed E-state index contributed by atoms with van der Waals surface area (Å²) in [4.78, 5) is 12.1. The number of carbonyl (C=O) groups excluding carboxylic acids is 1. The van der Waals surface area contributed by atoms with E-state index in [-0.39, 0.29) is 22.4 Å². The van der Waals surface area contributed by atoms with E-state index >= 15 is 0 Å². The van der Waals surface area contributed by atoms with E-state index in [0.29, 0.717) is 12.8 Å². The van der Waals surface area contributed by atoms with Crippen molar-refractivity contribution in [3.63, 3.8) is 0 Å². The molecule has 98 valence electrons. The molecular formula is C12H12F3O2S+. The van der Waals surface area contributed by atoms with Crippen LogP contribution in [-0.2, 0) is 15.7 Å². The molecular weight excluding hydrogens is 265 g/mol. The molecule has 1 saturated heterocycles. The zero-order valence-corrected chi connectivity index (χ0v) is 10.3. The number of benzene rings is 1. The lowest BCUT2D eigenvalue weighted by Crippen LogP contribution is -2.23. The van der Waals surface area contributed by atoms with Gasteiger partial charge in [0.25, 0.3) is 0 Å². The van der Waals surface area contributed by atoms with Crippen LogP contribution in [-0.4, -0.2) is 23.7 Å². The molecule has 6 heteroatoms. The van der Waals surface area contributed by atoms with E-state index in [4.69, 9.17) is 0 Å². The molecule has 1 fully saturated rings. The maximum absolute atomic E-state index is 12.0. The van der Waals surface area contributed by atoms with E-state index in [1.807, 2.05) is 0 Å². The van der Waals surface area contributed by atoms with Crippen molar-refractivity contribution < 1.29 is 22.7 Å². The molecule has 0 amide bonds. The average Bonchev–Trinajstić information content (AvgIpc) is 2.29. The molecule has 0 atom stereocenters. The van der Waals surface area contributed by atoms with E-state index in [2.05, 4.69) is 4.74 Å². The van der Waals surface area contributed by atoms with Gasteiger partial charge in [0, 0.05) is 10.9 Å². The van der Waals surface area contributed by atoms with Gasteiger partial charge in [-0.2, -0.15) is 0 Å². The molecule has 1 aliphatic rings. The number of halogens is 3. The third-order valence-corrected chi connectivity index (χ3v) is 4.98. The van der Waals surface area contributed by atoms with Gasteiger partial charge in [0.05, 0.1) is 12.8 Å². The fourth-order valence-corrected chi connectivity index (χ4v) is 3.92. The van der Waals surface area contributed by atoms with Crippen LogP contribution in [0.4, 0.5) is 13.2 Å². The normalized spacial score (nSPS) is 17.8. The highest BCUT2D eigenvalue weighted by molar-refractivity contribution is 7.97. The number of ketones is 1. The minimum absolute atomic E-state index is 0.0178. The monoisotopic (exact) mass is 277 g/mol. The minimum atomic E-state index is -4.65. The number of rotatable bonds is 2. The van der Waals surface area contributed by atoms with Crippen molar-refractivity contribution in [1.82, 2.24) is 0 Å². The summed E-state index contributed by atoms with van der Waals surface area (Å²) in [6.07, 6.45) is -3.51. The van der Waals surface area contributed by atoms with E-state index in [9.17, 15) is 18.0 Å². The standard InChI is InChI=1S/C12H12F3O2S/c13-12(14,15)17-10-1-3-11(4-2-10)18-7-5-9(16)6-8-18/h1-4H,5-8H2/q+1. The Kier molecular flexibility index (Phi) is 3.85. The molecule has 1 heterocycles. The quantitative estimate of drug-likeness (QED) is 0.777. The van der Waals surface area contributed by atoms with Crippen LogP contribution in [0, 0.1) is 0 Å². The zero-order chi connectivity index (χ0) is 13.2. The van der Waals surface area contributed by atoms with E-state index < -0.39 is 6.36 Å². The Hall–Kier alpha value is -1.17. The maximum atomic E-state index is 12.0. The molecule has 2 rings (SSSR count). The molecule has 1 aliphatic heterocycles. The maximum Gasteiger partial charge on any atom is 0.573 e. The van der Waals surface area contributed by atoms with Crippen molar-refractivity contribution in [1.29, 1.82) is 0 Å². The summed E-state index contributed by atoms with van der Waals surface area (Å²) in [6.45, 7) is 0. The van der Waals surface area contributed by atoms with Crippen LogP contribution < -0.4 is 4.74 Å². The number of hydrogen-bond donors (Lipinski definition) is 0. The topological polar surface area (TPSA) is 26.3 Å². The average molecular weight is 277 g/mol. The Bertz CT molecular complexity index is 418. The Balaban J connectivity index is 2.01. The summed E-state index contributed by atoms with van der Waals surface area (Å²) >= 11 is 0. The summed E-state index contributed by atoms with van der Waals surface area (Å²) in [5.74, 6) is 1.68. The number of ether oxygens (including phenoxy) is 1. The van der Waals surface area contributed by atoms with Gasteiger partial charge in [-0.15, -0.1) is 13.2 Å². The number of Topliss-reactive ketones (excluding diaryl/α,β-unsaturated/α-hetero) is 1. The molecule has 18 heavy (non-hydrogen) atoms. The summed E-state index contributed by atoms with van der Waals surface area (Å²) in [7, 11) is -0.0178. The first-order valence-corrected chi connectivity index (χ1v) is 7.05. The molecule has 1 aromatic carbocycles. The molecule has 0 unspecified atom stereocenters. The number of hydrogen-bond acceptors (Lipinski definition) is 2. The van der Waals surface area contributed by atoms with Gasteiger partial charge in [-0.05, 0) is 24.3 Å². The first kappa shape index (κ1) is 13.3. The third kappa shape index (κ3) is 3.66. The van der Waals surface area contributed by atoms with Crippen molar-refractivity contribution >= 4 is 16.7 Å². The van der Waals surface area contributed by atoms with Gasteiger partial charge >= 0.3 is 6.36 Å². The highest BCUT2D eigenvalue weighted by atomic mass is 32.2. The lowest BCUT2D eigenvalue weighted by Gasteiger charge is -2.13. The molecule has 0 spiro atoms. The summed E-state index contributed by atoms with van der Waals surface area (Å²) in [5.41, 5.74) is 0. The molecule has 0 aromatic heterocycles. The summed E-state index contributed by atoms with van der Waals surface area (Å²) < 4.78 is 39.8. The van der Waals surface area contributed by atoms with Crippen LogP contribution in [0.2, 0.25) is 0 Å². The van der Waals surface area contributed by atoms with Crippen LogP contribution in [0.5, 0.6) is 5.75 Å². The Morgan fingerprint density at radius 1 is 1.06 bits per heavy atom. The highest BCUT2D eigenvalue weighted by Crippen LogP contribution is 2.26. The largest absolute Gasteiger partial charge is 0.573 e. The first-order chi connectivity index (χ1) is 8.44. The third-order valence-electron chi connectivity index (χ3n) is 2.65. The van der Waals surface area contributed by atoms with Crippen LogP contribution in [0.3, 0.4) is 0 Å². The van der Waals surface area contributed by atoms with Crippen LogP contribution in [0.25, 0.3) is 0 Å². The molecule has 0 aliphatic carbocycles. The number of carbonyl (C=O) groups is 1. The SMILES string of the molecule is O=C1CC[S+](c2ccc(OC(F)(F)F)cc2)CC1. The fraction of sp³-hybridized carbons (Fsp3) is 0.417. The zero-order valence-electron chi connectivity index (χ0n) is 9.50. The minimum Gasteiger partial charge on any atom is -0.406 e. The molecule has 0 N–H and O–H groups in total. The second kappa shape index (κ2) is 5.22. The van der Waals surface area contributed by atoms with Crippen molar-refractivity contribution in [2.75, 3.05) is 11.5 Å². The Morgan fingerprint density at radius 3 is 2.11 bits per heavy atom. The van der Waals surface area contributed by atoms with Gasteiger partial charge in [0.15, 0.2) is 4.90 Å². The molecule has 0 saturated carbocycles. The smallest absolute Gasteiger partial charge is 0.406 e. The van der Waals surface area contributed by atoms with E-state index in [1.165, 1.54) is 12.1 Å². The van der Waals surface area contributed by atoms with Crippen molar-refractivity contribution in [2.24, 2.45) is 0 Å². The predicted octanol–water partition coefficient (Wildman–Crippen LogP) is 2.93.